The van der Waals surface area contributed by atoms with Gasteiger partial charge in [-0.3, -0.25) is 4.79 Å². The predicted octanol–water partition coefficient (Wildman–Crippen LogP) is 6.70. The fourth-order valence-electron chi connectivity index (χ4n) is 5.00. The second-order valence-electron chi connectivity index (χ2n) is 9.99. The number of nitrogens with one attached hydrogen (secondary N) is 3. The second-order valence-corrected chi connectivity index (χ2v) is 9.99. The minimum atomic E-state index is -2.94. The third-order valence-electron chi connectivity index (χ3n) is 7.14. The van der Waals surface area contributed by atoms with Gasteiger partial charge in [0.05, 0.1) is 5.56 Å². The number of rotatable bonds is 7. The molecule has 3 N–H and O–H groups in total. The van der Waals surface area contributed by atoms with Gasteiger partial charge < -0.3 is 15.8 Å². The molecule has 1 fully saturated rings. The molecule has 0 radical (unpaired) electrons. The molecular formula is C30H30F2N4O2. The number of aryl methyl sites for hydroxylation is 3. The number of hydrogen-bond donors (Lipinski definition) is 3. The molecule has 1 aliphatic rings. The highest BCUT2D eigenvalue weighted by molar-refractivity contribution is 6.03. The summed E-state index contributed by atoms with van der Waals surface area (Å²) >= 11 is 0. The van der Waals surface area contributed by atoms with Crippen LogP contribution in [0.2, 0.25) is 0 Å². The van der Waals surface area contributed by atoms with Crippen molar-refractivity contribution >= 4 is 17.3 Å². The summed E-state index contributed by atoms with van der Waals surface area (Å²) in [6, 6.07) is 17.5. The van der Waals surface area contributed by atoms with E-state index >= 15 is 0 Å². The Hall–Kier alpha value is -4.20. The number of anilines is 2. The Morgan fingerprint density at radius 2 is 1.63 bits per heavy atom. The molecule has 4 aromatic rings. The summed E-state index contributed by atoms with van der Waals surface area (Å²) in [6.07, 6.45) is 0.982. The first kappa shape index (κ1) is 25.4. The molecule has 1 aromatic heterocycles. The van der Waals surface area contributed by atoms with Crippen LogP contribution in [0.15, 0.2) is 60.7 Å². The first-order chi connectivity index (χ1) is 18.1. The summed E-state index contributed by atoms with van der Waals surface area (Å²) in [5.74, 6) is -4.06. The standard InChI is InChI=1S/C30H30F2N4O2/c1-17-7-5-8-18(2)26(17)20-13-21(15-25(14-20)33-4)28-34-19(3)27(36(28)38)29(37)35-24-10-6-9-23(16-24)30(31,32)22-11-12-22/h5-10,13-16,22,33-34H,11-12H2,1-4H3,(H,35,37). The van der Waals surface area contributed by atoms with Gasteiger partial charge >= 0.3 is 0 Å². The van der Waals surface area contributed by atoms with Crippen molar-refractivity contribution in [3.05, 3.63) is 93.9 Å². The average Bonchev–Trinajstić information content (AvgIpc) is 3.69. The van der Waals surface area contributed by atoms with Crippen LogP contribution in [-0.2, 0) is 5.92 Å². The van der Waals surface area contributed by atoms with E-state index in [1.54, 1.807) is 14.0 Å². The molecule has 5 rings (SSSR count). The molecule has 8 heteroatoms. The van der Waals surface area contributed by atoms with E-state index in [4.69, 9.17) is 0 Å². The molecule has 196 valence electrons. The molecular weight excluding hydrogens is 486 g/mol. The van der Waals surface area contributed by atoms with Gasteiger partial charge in [0, 0.05) is 36.8 Å². The maximum absolute atomic E-state index is 14.6. The van der Waals surface area contributed by atoms with Crippen LogP contribution in [0.4, 0.5) is 20.2 Å². The Kier molecular flexibility index (Phi) is 6.42. The molecule has 0 atom stereocenters. The molecule has 0 unspecified atom stereocenters. The van der Waals surface area contributed by atoms with Crippen molar-refractivity contribution in [1.29, 1.82) is 0 Å². The van der Waals surface area contributed by atoms with Crippen LogP contribution < -0.4 is 15.4 Å². The van der Waals surface area contributed by atoms with Crippen LogP contribution in [-0.4, -0.2) is 17.9 Å². The number of hydrogen-bond acceptors (Lipinski definition) is 3. The van der Waals surface area contributed by atoms with Gasteiger partial charge in [-0.25, -0.2) is 18.5 Å². The molecule has 1 amide bonds. The zero-order chi connectivity index (χ0) is 27.2. The topological polar surface area (TPSA) is 83.9 Å². The number of amides is 1. The number of alkyl halides is 2. The summed E-state index contributed by atoms with van der Waals surface area (Å²) < 4.78 is 29.7. The Bertz CT molecular complexity index is 1520. The van der Waals surface area contributed by atoms with Crippen LogP contribution in [0, 0.1) is 31.9 Å². The summed E-state index contributed by atoms with van der Waals surface area (Å²) in [6.45, 7) is 5.72. The molecule has 3 aromatic carbocycles. The quantitative estimate of drug-likeness (QED) is 0.189. The summed E-state index contributed by atoms with van der Waals surface area (Å²) in [5.41, 5.74) is 5.98. The molecule has 6 nitrogen and oxygen atoms in total. The number of nitrogens with zero attached hydrogens (tertiary/aromatic N) is 1. The Balaban J connectivity index is 1.49. The average molecular weight is 517 g/mol. The van der Waals surface area contributed by atoms with Crippen molar-refractivity contribution in [2.45, 2.75) is 39.5 Å². The van der Waals surface area contributed by atoms with Crippen LogP contribution in [0.5, 0.6) is 0 Å². The maximum Gasteiger partial charge on any atom is 0.300 e. The summed E-state index contributed by atoms with van der Waals surface area (Å²) in [7, 11) is 1.80. The van der Waals surface area contributed by atoms with Gasteiger partial charge in [0.1, 0.15) is 0 Å². The summed E-state index contributed by atoms with van der Waals surface area (Å²) in [5, 5.41) is 19.2. The van der Waals surface area contributed by atoms with Crippen molar-refractivity contribution in [2.24, 2.45) is 5.92 Å². The van der Waals surface area contributed by atoms with E-state index < -0.39 is 17.7 Å². The van der Waals surface area contributed by atoms with E-state index in [1.165, 1.54) is 24.3 Å². The summed E-state index contributed by atoms with van der Waals surface area (Å²) in [4.78, 5) is 16.2. The Labute approximate surface area is 220 Å². The van der Waals surface area contributed by atoms with Gasteiger partial charge in [-0.05, 0) is 79.3 Å². The van der Waals surface area contributed by atoms with Crippen molar-refractivity contribution in [3.8, 4) is 22.5 Å². The lowest BCUT2D eigenvalue weighted by molar-refractivity contribution is -0.594. The first-order valence-electron chi connectivity index (χ1n) is 12.6. The van der Waals surface area contributed by atoms with Crippen LogP contribution in [0.3, 0.4) is 0 Å². The number of halogens is 2. The van der Waals surface area contributed by atoms with E-state index in [0.717, 1.165) is 27.9 Å². The Morgan fingerprint density at radius 3 is 2.29 bits per heavy atom. The van der Waals surface area contributed by atoms with E-state index in [0.29, 0.717) is 28.8 Å². The number of benzene rings is 3. The number of carbonyl (C=O) groups is 1. The Morgan fingerprint density at radius 1 is 0.974 bits per heavy atom. The lowest BCUT2D eigenvalue weighted by Crippen LogP contribution is -2.36. The highest BCUT2D eigenvalue weighted by atomic mass is 19.3. The fourth-order valence-corrected chi connectivity index (χ4v) is 5.00. The normalized spacial score (nSPS) is 13.4. The number of aromatic nitrogens is 2. The number of imidazole rings is 1. The number of carbonyl (C=O) groups excluding carboxylic acids is 1. The zero-order valence-corrected chi connectivity index (χ0v) is 21.8. The van der Waals surface area contributed by atoms with Gasteiger partial charge in [0.2, 0.25) is 5.69 Å². The van der Waals surface area contributed by atoms with Gasteiger partial charge in [-0.2, -0.15) is 0 Å². The van der Waals surface area contributed by atoms with E-state index in [2.05, 4.69) is 15.6 Å². The lowest BCUT2D eigenvalue weighted by Gasteiger charge is -2.17. The largest absolute Gasteiger partial charge is 0.710 e. The molecule has 0 bridgehead atoms. The maximum atomic E-state index is 14.6. The van der Waals surface area contributed by atoms with Gasteiger partial charge in [-0.1, -0.05) is 30.3 Å². The molecule has 0 saturated heterocycles. The minimum absolute atomic E-state index is 0.122. The first-order valence-corrected chi connectivity index (χ1v) is 12.6. The van der Waals surface area contributed by atoms with Crippen LogP contribution in [0.25, 0.3) is 22.5 Å². The van der Waals surface area contributed by atoms with Gasteiger partial charge in [0.15, 0.2) is 5.69 Å². The van der Waals surface area contributed by atoms with Crippen molar-refractivity contribution in [1.82, 2.24) is 4.98 Å². The number of aromatic amines is 1. The van der Waals surface area contributed by atoms with Crippen LogP contribution in [0.1, 0.15) is 45.7 Å². The fraction of sp³-hybridized carbons (Fsp3) is 0.267. The van der Waals surface area contributed by atoms with E-state index in [-0.39, 0.29) is 22.8 Å². The molecule has 1 aliphatic carbocycles. The van der Waals surface area contributed by atoms with E-state index in [1.807, 2.05) is 50.2 Å². The molecule has 1 saturated carbocycles. The zero-order valence-electron chi connectivity index (χ0n) is 21.8. The lowest BCUT2D eigenvalue weighted by atomic mass is 9.94. The molecule has 38 heavy (non-hydrogen) atoms. The van der Waals surface area contributed by atoms with E-state index in [9.17, 15) is 18.8 Å². The molecule has 1 heterocycles. The van der Waals surface area contributed by atoms with Crippen molar-refractivity contribution in [2.75, 3.05) is 17.7 Å². The molecule has 0 aliphatic heterocycles. The van der Waals surface area contributed by atoms with Gasteiger partial charge in [0.25, 0.3) is 17.7 Å². The minimum Gasteiger partial charge on any atom is -0.710 e. The monoisotopic (exact) mass is 516 g/mol. The van der Waals surface area contributed by atoms with Crippen molar-refractivity contribution < 1.29 is 18.3 Å². The van der Waals surface area contributed by atoms with Gasteiger partial charge in [-0.15, -0.1) is 0 Å². The predicted molar refractivity (Wildman–Crippen MR) is 145 cm³/mol. The smallest absolute Gasteiger partial charge is 0.300 e. The molecule has 0 spiro atoms. The highest BCUT2D eigenvalue weighted by Gasteiger charge is 2.48. The number of H-pyrrole nitrogens is 1. The third kappa shape index (κ3) is 4.62. The SMILES string of the molecule is CNc1cc(-c2c(C)cccc2C)cc(-c2[nH]c(C)c(C(=O)Nc3cccc(C(F)(F)C4CC4)c3)[n+]2[O-])c1. The second kappa shape index (κ2) is 9.59. The third-order valence-corrected chi connectivity index (χ3v) is 7.14. The van der Waals surface area contributed by atoms with Crippen LogP contribution >= 0.6 is 0 Å². The van der Waals surface area contributed by atoms with Crippen molar-refractivity contribution in [3.63, 3.8) is 0 Å². The highest BCUT2D eigenvalue weighted by Crippen LogP contribution is 2.49.